The number of amides is 1. The topological polar surface area (TPSA) is 93.6 Å². The van der Waals surface area contributed by atoms with Crippen LogP contribution < -0.4 is 10.1 Å². The number of methoxy groups -OCH3 is 1. The highest BCUT2D eigenvalue weighted by atomic mass is 32.1. The van der Waals surface area contributed by atoms with E-state index >= 15 is 0 Å². The zero-order valence-electron chi connectivity index (χ0n) is 15.5. The highest BCUT2D eigenvalue weighted by molar-refractivity contribution is 7.11. The summed E-state index contributed by atoms with van der Waals surface area (Å²) in [5, 5.41) is 21.6. The Balaban J connectivity index is 2.17. The summed E-state index contributed by atoms with van der Waals surface area (Å²) < 4.78 is 10.5. The van der Waals surface area contributed by atoms with E-state index in [2.05, 4.69) is 15.5 Å². The first kappa shape index (κ1) is 20.1. The van der Waals surface area contributed by atoms with Gasteiger partial charge in [0, 0.05) is 13.0 Å². The quantitative estimate of drug-likeness (QED) is 0.768. The Labute approximate surface area is 157 Å². The zero-order valence-corrected chi connectivity index (χ0v) is 16.3. The lowest BCUT2D eigenvalue weighted by Crippen LogP contribution is -2.35. The van der Waals surface area contributed by atoms with Crippen molar-refractivity contribution in [2.45, 2.75) is 45.3 Å². The van der Waals surface area contributed by atoms with Crippen molar-refractivity contribution in [1.29, 1.82) is 0 Å². The van der Waals surface area contributed by atoms with E-state index in [-0.39, 0.29) is 12.6 Å². The molecule has 26 heavy (non-hydrogen) atoms. The second kappa shape index (κ2) is 8.95. The Morgan fingerprint density at radius 3 is 2.54 bits per heavy atom. The molecule has 0 fully saturated rings. The van der Waals surface area contributed by atoms with Crippen LogP contribution in [0.25, 0.3) is 0 Å². The molecule has 1 aromatic carbocycles. The largest absolute Gasteiger partial charge is 0.497 e. The van der Waals surface area contributed by atoms with Crippen LogP contribution in [0.5, 0.6) is 5.75 Å². The Kier molecular flexibility index (Phi) is 6.93. The van der Waals surface area contributed by atoms with Crippen molar-refractivity contribution < 1.29 is 19.4 Å². The predicted molar refractivity (Wildman–Crippen MR) is 99.5 cm³/mol. The molecule has 0 saturated carbocycles. The molecule has 2 rings (SSSR count). The van der Waals surface area contributed by atoms with Crippen molar-refractivity contribution in [2.24, 2.45) is 0 Å². The molecular weight excluding hydrogens is 354 g/mol. The van der Waals surface area contributed by atoms with Gasteiger partial charge in [0.2, 0.25) is 0 Å². The first-order chi connectivity index (χ1) is 12.3. The zero-order chi connectivity index (χ0) is 19.2. The Hall–Kier alpha value is -2.19. The Morgan fingerprint density at radius 2 is 1.96 bits per heavy atom. The van der Waals surface area contributed by atoms with Gasteiger partial charge in [-0.1, -0.05) is 23.5 Å². The third kappa shape index (κ3) is 6.27. The minimum absolute atomic E-state index is 0.0112. The van der Waals surface area contributed by atoms with Crippen molar-refractivity contribution in [3.63, 3.8) is 0 Å². The average molecular weight is 379 g/mol. The van der Waals surface area contributed by atoms with Crippen molar-refractivity contribution in [3.05, 3.63) is 39.8 Å². The van der Waals surface area contributed by atoms with Gasteiger partial charge >= 0.3 is 6.09 Å². The van der Waals surface area contributed by atoms with Crippen LogP contribution in [-0.2, 0) is 17.6 Å². The van der Waals surface area contributed by atoms with Crippen LogP contribution >= 0.6 is 11.3 Å². The number of nitrogens with zero attached hydrogens (tertiary/aromatic N) is 2. The van der Waals surface area contributed by atoms with Gasteiger partial charge in [0.25, 0.3) is 0 Å². The number of rotatable bonds is 7. The molecule has 1 atom stereocenters. The fraction of sp³-hybridized carbons (Fsp3) is 0.500. The van der Waals surface area contributed by atoms with Crippen molar-refractivity contribution in [1.82, 2.24) is 15.5 Å². The monoisotopic (exact) mass is 379 g/mol. The molecule has 0 aliphatic rings. The lowest BCUT2D eigenvalue weighted by atomic mass is 10.1. The minimum atomic E-state index is -0.585. The number of carbonyl (C=O) groups excluding carboxylic acids is 1. The number of aliphatic hydroxyl groups is 1. The summed E-state index contributed by atoms with van der Waals surface area (Å²) in [5.74, 6) is 0.770. The molecule has 0 aliphatic heterocycles. The first-order valence-electron chi connectivity index (χ1n) is 8.36. The van der Waals surface area contributed by atoms with Gasteiger partial charge < -0.3 is 19.9 Å². The third-order valence-corrected chi connectivity index (χ3v) is 4.49. The van der Waals surface area contributed by atoms with Crippen molar-refractivity contribution in [3.8, 4) is 5.75 Å². The maximum atomic E-state index is 12.2. The number of aliphatic hydroxyl groups excluding tert-OH is 1. The summed E-state index contributed by atoms with van der Waals surface area (Å²) in [6, 6.07) is 7.26. The minimum Gasteiger partial charge on any atom is -0.497 e. The highest BCUT2D eigenvalue weighted by Crippen LogP contribution is 2.24. The first-order valence-corrected chi connectivity index (χ1v) is 9.18. The number of aromatic nitrogens is 2. The molecule has 0 saturated heterocycles. The molecule has 2 aromatic rings. The fourth-order valence-electron chi connectivity index (χ4n) is 2.25. The van der Waals surface area contributed by atoms with Gasteiger partial charge in [0.05, 0.1) is 13.2 Å². The predicted octanol–water partition coefficient (Wildman–Crippen LogP) is 2.89. The molecule has 2 N–H and O–H groups in total. The summed E-state index contributed by atoms with van der Waals surface area (Å²) in [4.78, 5) is 12.2. The van der Waals surface area contributed by atoms with Gasteiger partial charge in [0.15, 0.2) is 0 Å². The van der Waals surface area contributed by atoms with Crippen LogP contribution in [0.1, 0.15) is 42.4 Å². The maximum absolute atomic E-state index is 12.2. The molecule has 8 heteroatoms. The molecule has 1 amide bonds. The van der Waals surface area contributed by atoms with Crippen LogP contribution in [-0.4, -0.2) is 40.7 Å². The van der Waals surface area contributed by atoms with Crippen molar-refractivity contribution >= 4 is 17.4 Å². The molecule has 0 bridgehead atoms. The van der Waals surface area contributed by atoms with E-state index in [0.717, 1.165) is 16.3 Å². The second-order valence-electron chi connectivity index (χ2n) is 6.76. The van der Waals surface area contributed by atoms with Gasteiger partial charge in [-0.3, -0.25) is 0 Å². The van der Waals surface area contributed by atoms with Crippen LogP contribution in [0.2, 0.25) is 0 Å². The van der Waals surface area contributed by atoms with E-state index in [9.17, 15) is 4.79 Å². The van der Waals surface area contributed by atoms with Crippen molar-refractivity contribution in [2.75, 3.05) is 13.7 Å². The van der Waals surface area contributed by atoms with Crippen LogP contribution in [0, 0.1) is 0 Å². The summed E-state index contributed by atoms with van der Waals surface area (Å²) >= 11 is 1.38. The van der Waals surface area contributed by atoms with Gasteiger partial charge in [-0.2, -0.15) is 0 Å². The van der Waals surface area contributed by atoms with E-state index in [1.165, 1.54) is 11.3 Å². The van der Waals surface area contributed by atoms with E-state index in [1.807, 2.05) is 45.0 Å². The second-order valence-corrected chi connectivity index (χ2v) is 7.85. The Morgan fingerprint density at radius 1 is 1.27 bits per heavy atom. The maximum Gasteiger partial charge on any atom is 0.408 e. The molecule has 0 unspecified atom stereocenters. The standard InChI is InChI=1S/C18H25N3O4S/c1-18(2,3)25-17(23)19-14(16-21-20-15(26-16)9-10-22)11-12-5-7-13(24-4)8-6-12/h5-8,14,22H,9-11H2,1-4H3,(H,19,23)/t14-/m0/s1. The summed E-state index contributed by atoms with van der Waals surface area (Å²) in [6.45, 7) is 5.46. The van der Waals surface area contributed by atoms with E-state index in [4.69, 9.17) is 14.6 Å². The number of carbonyl (C=O) groups is 1. The SMILES string of the molecule is COc1ccc(C[C@H](NC(=O)OC(C)(C)C)c2nnc(CCO)s2)cc1. The molecule has 1 heterocycles. The van der Waals surface area contributed by atoms with Crippen LogP contribution in [0.4, 0.5) is 4.79 Å². The van der Waals surface area contributed by atoms with E-state index in [0.29, 0.717) is 17.8 Å². The average Bonchev–Trinajstić information content (AvgIpc) is 3.02. The fourth-order valence-corrected chi connectivity index (χ4v) is 3.13. The molecule has 1 aromatic heterocycles. The molecule has 7 nitrogen and oxygen atoms in total. The van der Waals surface area contributed by atoms with Gasteiger partial charge in [0.1, 0.15) is 21.4 Å². The number of nitrogens with one attached hydrogen (secondary N) is 1. The van der Waals surface area contributed by atoms with Crippen LogP contribution in [0.3, 0.4) is 0 Å². The lowest BCUT2D eigenvalue weighted by molar-refractivity contribution is 0.0503. The summed E-state index contributed by atoms with van der Waals surface area (Å²) in [7, 11) is 1.62. The van der Waals surface area contributed by atoms with Gasteiger partial charge in [-0.25, -0.2) is 4.79 Å². The van der Waals surface area contributed by atoms with Gasteiger partial charge in [-0.15, -0.1) is 10.2 Å². The Bertz CT molecular complexity index is 710. The number of hydrogen-bond acceptors (Lipinski definition) is 7. The highest BCUT2D eigenvalue weighted by Gasteiger charge is 2.23. The van der Waals surface area contributed by atoms with E-state index in [1.54, 1.807) is 7.11 Å². The van der Waals surface area contributed by atoms with Gasteiger partial charge in [-0.05, 0) is 44.9 Å². The molecular formula is C18H25N3O4S. The number of alkyl carbamates (subject to hydrolysis) is 1. The molecule has 0 aliphatic carbocycles. The molecule has 0 radical (unpaired) electrons. The molecule has 142 valence electrons. The lowest BCUT2D eigenvalue weighted by Gasteiger charge is -2.22. The van der Waals surface area contributed by atoms with Crippen LogP contribution in [0.15, 0.2) is 24.3 Å². The number of benzene rings is 1. The number of ether oxygens (including phenoxy) is 2. The van der Waals surface area contributed by atoms with E-state index < -0.39 is 11.7 Å². The molecule has 0 spiro atoms. The summed E-state index contributed by atoms with van der Waals surface area (Å²) in [5.41, 5.74) is 0.434. The normalized spacial score (nSPS) is 12.5. The summed E-state index contributed by atoms with van der Waals surface area (Å²) in [6.07, 6.45) is 0.478. The number of hydrogen-bond donors (Lipinski definition) is 2. The third-order valence-electron chi connectivity index (χ3n) is 3.40. The smallest absolute Gasteiger partial charge is 0.408 e.